The number of hydrogen-bond donors (Lipinski definition) is 2. The van der Waals surface area contributed by atoms with Gasteiger partial charge in [-0.25, -0.2) is 0 Å². The molecular formula is C19H21N3O2. The second-order valence-corrected chi connectivity index (χ2v) is 5.99. The van der Waals surface area contributed by atoms with E-state index in [4.69, 9.17) is 0 Å². The Labute approximate surface area is 141 Å². The van der Waals surface area contributed by atoms with Crippen LogP contribution in [0, 0.1) is 6.92 Å². The first-order chi connectivity index (χ1) is 11.6. The van der Waals surface area contributed by atoms with Gasteiger partial charge < -0.3 is 10.6 Å². The molecule has 5 nitrogen and oxygen atoms in total. The van der Waals surface area contributed by atoms with E-state index in [-0.39, 0.29) is 18.4 Å². The van der Waals surface area contributed by atoms with E-state index in [0.717, 1.165) is 16.8 Å². The van der Waals surface area contributed by atoms with Crippen molar-refractivity contribution in [3.8, 4) is 0 Å². The molecule has 0 saturated carbocycles. The molecule has 24 heavy (non-hydrogen) atoms. The predicted octanol–water partition coefficient (Wildman–Crippen LogP) is 2.11. The Hall–Kier alpha value is -2.66. The van der Waals surface area contributed by atoms with Gasteiger partial charge in [-0.1, -0.05) is 48.0 Å². The number of nitrogens with one attached hydrogen (secondary N) is 2. The Morgan fingerprint density at radius 3 is 2.50 bits per heavy atom. The summed E-state index contributed by atoms with van der Waals surface area (Å²) in [4.78, 5) is 26.6. The third kappa shape index (κ3) is 3.81. The number of aryl methyl sites for hydroxylation is 1. The van der Waals surface area contributed by atoms with Gasteiger partial charge in [-0.15, -0.1) is 0 Å². The van der Waals surface area contributed by atoms with Crippen LogP contribution in [0.2, 0.25) is 0 Å². The van der Waals surface area contributed by atoms with Gasteiger partial charge >= 0.3 is 0 Å². The number of nitrogens with zero attached hydrogens (tertiary/aromatic N) is 1. The quantitative estimate of drug-likeness (QED) is 0.906. The average molecular weight is 323 g/mol. The first kappa shape index (κ1) is 16.2. The number of carbonyl (C=O) groups excluding carboxylic acids is 2. The molecule has 1 atom stereocenters. The highest BCUT2D eigenvalue weighted by atomic mass is 16.2. The highest BCUT2D eigenvalue weighted by Crippen LogP contribution is 2.23. The molecule has 3 rings (SSSR count). The average Bonchev–Trinajstić information content (AvgIpc) is 2.58. The van der Waals surface area contributed by atoms with E-state index in [9.17, 15) is 9.59 Å². The van der Waals surface area contributed by atoms with Gasteiger partial charge in [0, 0.05) is 18.8 Å². The smallest absolute Gasteiger partial charge is 0.246 e. The largest absolute Gasteiger partial charge is 0.354 e. The normalized spacial score (nSPS) is 16.3. The zero-order chi connectivity index (χ0) is 16.9. The number of carbonyl (C=O) groups is 2. The van der Waals surface area contributed by atoms with Crippen molar-refractivity contribution in [2.24, 2.45) is 0 Å². The van der Waals surface area contributed by atoms with Gasteiger partial charge in [-0.05, 0) is 24.6 Å². The van der Waals surface area contributed by atoms with Crippen LogP contribution in [-0.4, -0.2) is 36.3 Å². The summed E-state index contributed by atoms with van der Waals surface area (Å²) < 4.78 is 0. The summed E-state index contributed by atoms with van der Waals surface area (Å²) in [5.41, 5.74) is 2.78. The summed E-state index contributed by atoms with van der Waals surface area (Å²) in [6.07, 6.45) is 0. The number of benzene rings is 2. The summed E-state index contributed by atoms with van der Waals surface area (Å²) in [7, 11) is 0. The Morgan fingerprint density at radius 2 is 1.83 bits per heavy atom. The van der Waals surface area contributed by atoms with Crippen molar-refractivity contribution in [2.45, 2.75) is 13.0 Å². The van der Waals surface area contributed by atoms with Crippen molar-refractivity contribution >= 4 is 17.5 Å². The summed E-state index contributed by atoms with van der Waals surface area (Å²) in [5.74, 6) is -0.176. The fourth-order valence-corrected chi connectivity index (χ4v) is 2.89. The molecule has 1 heterocycles. The lowest BCUT2D eigenvalue weighted by Crippen LogP contribution is -2.51. The van der Waals surface area contributed by atoms with Gasteiger partial charge in [-0.3, -0.25) is 14.5 Å². The molecule has 1 unspecified atom stereocenters. The van der Waals surface area contributed by atoms with Gasteiger partial charge in [0.2, 0.25) is 11.8 Å². The van der Waals surface area contributed by atoms with E-state index in [1.54, 1.807) is 0 Å². The Kier molecular flexibility index (Phi) is 4.91. The van der Waals surface area contributed by atoms with Crippen LogP contribution in [0.15, 0.2) is 54.6 Å². The minimum atomic E-state index is -0.487. The Balaban J connectivity index is 1.84. The summed E-state index contributed by atoms with van der Waals surface area (Å²) in [6.45, 7) is 3.43. The molecule has 2 aromatic rings. The van der Waals surface area contributed by atoms with Crippen LogP contribution in [0.3, 0.4) is 0 Å². The van der Waals surface area contributed by atoms with Crippen LogP contribution >= 0.6 is 0 Å². The number of anilines is 1. The first-order valence-corrected chi connectivity index (χ1v) is 8.07. The second kappa shape index (κ2) is 7.27. The van der Waals surface area contributed by atoms with Crippen LogP contribution in [0.4, 0.5) is 5.69 Å². The zero-order valence-electron chi connectivity index (χ0n) is 13.7. The molecule has 0 aliphatic carbocycles. The standard InChI is InChI=1S/C19H21N3O2/c1-14-7-9-16(10-8-14)21-19(24)18(15-5-3-2-4-6-15)22-12-11-20-17(23)13-22/h2-10,18H,11-13H2,1H3,(H,20,23)(H,21,24). The van der Waals surface area contributed by atoms with Crippen molar-refractivity contribution in [2.75, 3.05) is 25.0 Å². The Bertz CT molecular complexity index is 713. The maximum Gasteiger partial charge on any atom is 0.246 e. The number of hydrogen-bond acceptors (Lipinski definition) is 3. The lowest BCUT2D eigenvalue weighted by Gasteiger charge is -2.33. The number of amides is 2. The molecular weight excluding hydrogens is 302 g/mol. The van der Waals surface area contributed by atoms with Crippen molar-refractivity contribution in [1.29, 1.82) is 0 Å². The summed E-state index contributed by atoms with van der Waals surface area (Å²) in [5, 5.41) is 5.77. The Morgan fingerprint density at radius 1 is 1.12 bits per heavy atom. The topological polar surface area (TPSA) is 61.4 Å². The molecule has 0 aromatic heterocycles. The van der Waals surface area contributed by atoms with Crippen molar-refractivity contribution in [3.63, 3.8) is 0 Å². The molecule has 5 heteroatoms. The molecule has 1 saturated heterocycles. The van der Waals surface area contributed by atoms with Crippen molar-refractivity contribution < 1.29 is 9.59 Å². The van der Waals surface area contributed by atoms with E-state index in [1.165, 1.54) is 0 Å². The van der Waals surface area contributed by atoms with Crippen LogP contribution in [-0.2, 0) is 9.59 Å². The molecule has 1 fully saturated rings. The third-order valence-corrected chi connectivity index (χ3v) is 4.12. The van der Waals surface area contributed by atoms with E-state index < -0.39 is 6.04 Å². The minimum Gasteiger partial charge on any atom is -0.354 e. The van der Waals surface area contributed by atoms with Gasteiger partial charge in [0.25, 0.3) is 0 Å². The van der Waals surface area contributed by atoms with E-state index in [0.29, 0.717) is 13.1 Å². The van der Waals surface area contributed by atoms with Crippen LogP contribution in [0.25, 0.3) is 0 Å². The SMILES string of the molecule is Cc1ccc(NC(=O)C(c2ccccc2)N2CCNC(=O)C2)cc1. The second-order valence-electron chi connectivity index (χ2n) is 5.99. The predicted molar refractivity (Wildman–Crippen MR) is 93.6 cm³/mol. The third-order valence-electron chi connectivity index (χ3n) is 4.12. The highest BCUT2D eigenvalue weighted by molar-refractivity contribution is 5.96. The lowest BCUT2D eigenvalue weighted by molar-refractivity contribution is -0.128. The first-order valence-electron chi connectivity index (χ1n) is 8.07. The molecule has 0 bridgehead atoms. The highest BCUT2D eigenvalue weighted by Gasteiger charge is 2.31. The van der Waals surface area contributed by atoms with Crippen LogP contribution < -0.4 is 10.6 Å². The van der Waals surface area contributed by atoms with Gasteiger partial charge in [0.05, 0.1) is 6.54 Å². The molecule has 2 amide bonds. The van der Waals surface area contributed by atoms with E-state index >= 15 is 0 Å². The van der Waals surface area contributed by atoms with Gasteiger partial charge in [0.15, 0.2) is 0 Å². The fourth-order valence-electron chi connectivity index (χ4n) is 2.89. The van der Waals surface area contributed by atoms with Gasteiger partial charge in [0.1, 0.15) is 6.04 Å². The summed E-state index contributed by atoms with van der Waals surface area (Å²) >= 11 is 0. The van der Waals surface area contributed by atoms with E-state index in [1.807, 2.05) is 66.4 Å². The van der Waals surface area contributed by atoms with Crippen molar-refractivity contribution in [1.82, 2.24) is 10.2 Å². The van der Waals surface area contributed by atoms with Gasteiger partial charge in [-0.2, -0.15) is 0 Å². The number of rotatable bonds is 4. The molecule has 124 valence electrons. The lowest BCUT2D eigenvalue weighted by atomic mass is 10.0. The minimum absolute atomic E-state index is 0.0506. The molecule has 2 N–H and O–H groups in total. The molecule has 2 aromatic carbocycles. The molecule has 0 spiro atoms. The van der Waals surface area contributed by atoms with Crippen LogP contribution in [0.1, 0.15) is 17.2 Å². The van der Waals surface area contributed by atoms with Crippen molar-refractivity contribution in [3.05, 3.63) is 65.7 Å². The maximum atomic E-state index is 12.9. The molecule has 1 aliphatic rings. The zero-order valence-corrected chi connectivity index (χ0v) is 13.7. The fraction of sp³-hybridized carbons (Fsp3) is 0.263. The molecule has 1 aliphatic heterocycles. The molecule has 0 radical (unpaired) electrons. The maximum absolute atomic E-state index is 12.9. The monoisotopic (exact) mass is 323 g/mol. The van der Waals surface area contributed by atoms with Crippen LogP contribution in [0.5, 0.6) is 0 Å². The number of piperazine rings is 1. The van der Waals surface area contributed by atoms with E-state index in [2.05, 4.69) is 10.6 Å². The summed E-state index contributed by atoms with van der Waals surface area (Å²) in [6, 6.07) is 16.8.